The van der Waals surface area contributed by atoms with Crippen molar-refractivity contribution in [1.82, 2.24) is 4.98 Å². The van der Waals surface area contributed by atoms with Gasteiger partial charge in [0.25, 0.3) is 0 Å². The molecule has 7 nitrogen and oxygen atoms in total. The molecule has 1 heterocycles. The Kier molecular flexibility index (Phi) is 6.03. The summed E-state index contributed by atoms with van der Waals surface area (Å²) >= 11 is 0. The molecule has 0 saturated heterocycles. The van der Waals surface area contributed by atoms with Crippen LogP contribution in [0, 0.1) is 13.8 Å². The highest BCUT2D eigenvalue weighted by Crippen LogP contribution is 2.20. The van der Waals surface area contributed by atoms with Crippen LogP contribution in [-0.4, -0.2) is 41.7 Å². The minimum Gasteiger partial charge on any atom is -0.461 e. The number of hydrogen-bond acceptors (Lipinski definition) is 6. The summed E-state index contributed by atoms with van der Waals surface area (Å²) in [5.41, 5.74) is 1.24. The van der Waals surface area contributed by atoms with Crippen LogP contribution in [0.3, 0.4) is 0 Å². The van der Waals surface area contributed by atoms with E-state index in [9.17, 15) is 19.2 Å². The molecular weight excluding hydrogens is 290 g/mol. The van der Waals surface area contributed by atoms with Gasteiger partial charge in [-0.3, -0.25) is 9.59 Å². The topological polar surface area (TPSA) is 103 Å². The number of aryl methyl sites for hydroxylation is 1. The van der Waals surface area contributed by atoms with E-state index in [1.165, 1.54) is 0 Å². The van der Waals surface area contributed by atoms with Crippen LogP contribution in [0.5, 0.6) is 0 Å². The van der Waals surface area contributed by atoms with E-state index < -0.39 is 29.9 Å². The predicted octanol–water partition coefficient (Wildman–Crippen LogP) is 1.51. The van der Waals surface area contributed by atoms with Gasteiger partial charge in [0.1, 0.15) is 5.69 Å². The summed E-state index contributed by atoms with van der Waals surface area (Å²) in [5.74, 6) is -3.06. The van der Waals surface area contributed by atoms with Crippen LogP contribution in [0.15, 0.2) is 0 Å². The molecule has 0 saturated carbocycles. The highest BCUT2D eigenvalue weighted by Gasteiger charge is 2.26. The van der Waals surface area contributed by atoms with E-state index in [1.807, 2.05) is 0 Å². The van der Waals surface area contributed by atoms with Crippen LogP contribution in [0.2, 0.25) is 0 Å². The number of H-pyrrole nitrogens is 1. The second-order valence-electron chi connectivity index (χ2n) is 4.59. The standard InChI is InChI=1S/C15H19NO6/c1-5-21-14(19)11(18)7-10(17)12-8(3)13(16-9(12)4)15(20)22-6-2/h16H,5-7H2,1-4H3. The third-order valence-electron chi connectivity index (χ3n) is 3.02. The first-order valence-corrected chi connectivity index (χ1v) is 6.92. The minimum atomic E-state index is -1.03. The first kappa shape index (κ1) is 17.6. The van der Waals surface area contributed by atoms with E-state index in [0.717, 1.165) is 0 Å². The lowest BCUT2D eigenvalue weighted by atomic mass is 10.0. The van der Waals surface area contributed by atoms with Gasteiger partial charge in [-0.25, -0.2) is 9.59 Å². The van der Waals surface area contributed by atoms with Crippen molar-refractivity contribution in [3.63, 3.8) is 0 Å². The molecule has 22 heavy (non-hydrogen) atoms. The maximum atomic E-state index is 12.2. The molecule has 1 N–H and O–H groups in total. The molecule has 0 fully saturated rings. The second-order valence-corrected chi connectivity index (χ2v) is 4.59. The molecule has 0 aliphatic rings. The minimum absolute atomic E-state index is 0.0635. The number of aromatic amines is 1. The summed E-state index contributed by atoms with van der Waals surface area (Å²) in [6, 6.07) is 0. The van der Waals surface area contributed by atoms with Crippen molar-refractivity contribution in [2.45, 2.75) is 34.1 Å². The average Bonchev–Trinajstić information content (AvgIpc) is 2.74. The molecule has 0 bridgehead atoms. The van der Waals surface area contributed by atoms with Gasteiger partial charge in [0.2, 0.25) is 5.78 Å². The lowest BCUT2D eigenvalue weighted by Crippen LogP contribution is -2.21. The molecule has 0 aromatic carbocycles. The fraction of sp³-hybridized carbons (Fsp3) is 0.467. The number of rotatable bonds is 7. The van der Waals surface area contributed by atoms with Gasteiger partial charge in [-0.1, -0.05) is 0 Å². The van der Waals surface area contributed by atoms with E-state index in [-0.39, 0.29) is 24.5 Å². The number of nitrogens with one attached hydrogen (secondary N) is 1. The van der Waals surface area contributed by atoms with Gasteiger partial charge in [0.05, 0.1) is 19.6 Å². The highest BCUT2D eigenvalue weighted by molar-refractivity contribution is 6.38. The number of Topliss-reactive ketones (excluding diaryl/α,β-unsaturated/α-hetero) is 2. The maximum absolute atomic E-state index is 12.2. The molecule has 0 amide bonds. The molecule has 0 spiro atoms. The summed E-state index contributed by atoms with van der Waals surface area (Å²) in [7, 11) is 0. The van der Waals surface area contributed by atoms with Gasteiger partial charge in [-0.05, 0) is 33.3 Å². The number of hydrogen-bond donors (Lipinski definition) is 1. The molecule has 1 aromatic rings. The van der Waals surface area contributed by atoms with E-state index >= 15 is 0 Å². The van der Waals surface area contributed by atoms with Crippen molar-refractivity contribution < 1.29 is 28.7 Å². The van der Waals surface area contributed by atoms with Crippen LogP contribution in [-0.2, 0) is 19.1 Å². The lowest BCUT2D eigenvalue weighted by molar-refractivity contribution is -0.153. The fourth-order valence-electron chi connectivity index (χ4n) is 2.09. The number of aromatic nitrogens is 1. The van der Waals surface area contributed by atoms with E-state index in [4.69, 9.17) is 4.74 Å². The van der Waals surface area contributed by atoms with Crippen LogP contribution in [0.4, 0.5) is 0 Å². The van der Waals surface area contributed by atoms with Gasteiger partial charge in [-0.2, -0.15) is 0 Å². The third kappa shape index (κ3) is 3.81. The maximum Gasteiger partial charge on any atom is 0.375 e. The molecule has 0 aliphatic carbocycles. The molecule has 1 rings (SSSR count). The average molecular weight is 309 g/mol. The van der Waals surface area contributed by atoms with Crippen molar-refractivity contribution in [2.75, 3.05) is 13.2 Å². The molecule has 7 heteroatoms. The summed E-state index contributed by atoms with van der Waals surface area (Å²) in [6.07, 6.45) is -0.597. The largest absolute Gasteiger partial charge is 0.461 e. The van der Waals surface area contributed by atoms with E-state index in [1.54, 1.807) is 27.7 Å². The normalized spacial score (nSPS) is 10.2. The number of ether oxygens (including phenoxy) is 2. The SMILES string of the molecule is CCOC(=O)C(=O)CC(=O)c1c(C)[nH]c(C(=O)OCC)c1C. The first-order valence-electron chi connectivity index (χ1n) is 6.92. The number of carbonyl (C=O) groups excluding carboxylic acids is 4. The van der Waals surface area contributed by atoms with E-state index in [0.29, 0.717) is 11.3 Å². The molecule has 0 unspecified atom stereocenters. The third-order valence-corrected chi connectivity index (χ3v) is 3.02. The molecule has 120 valence electrons. The zero-order chi connectivity index (χ0) is 16.9. The Morgan fingerprint density at radius 1 is 1.00 bits per heavy atom. The van der Waals surface area contributed by atoms with Crippen LogP contribution in [0.1, 0.15) is 52.4 Å². The Hall–Kier alpha value is -2.44. The molecule has 0 radical (unpaired) electrons. The zero-order valence-electron chi connectivity index (χ0n) is 13.1. The number of esters is 2. The van der Waals surface area contributed by atoms with Gasteiger partial charge >= 0.3 is 11.9 Å². The lowest BCUT2D eigenvalue weighted by Gasteiger charge is -2.03. The summed E-state index contributed by atoms with van der Waals surface area (Å²) < 4.78 is 9.44. The van der Waals surface area contributed by atoms with Crippen molar-refractivity contribution in [2.24, 2.45) is 0 Å². The Morgan fingerprint density at radius 3 is 2.14 bits per heavy atom. The highest BCUT2D eigenvalue weighted by atomic mass is 16.5. The zero-order valence-corrected chi connectivity index (χ0v) is 13.1. The predicted molar refractivity (Wildman–Crippen MR) is 76.8 cm³/mol. The Balaban J connectivity index is 2.97. The van der Waals surface area contributed by atoms with Crippen LogP contribution >= 0.6 is 0 Å². The number of ketones is 2. The van der Waals surface area contributed by atoms with Crippen molar-refractivity contribution >= 4 is 23.5 Å². The Labute approximate surface area is 128 Å². The first-order chi connectivity index (χ1) is 10.3. The quantitative estimate of drug-likeness (QED) is 0.354. The number of carbonyl (C=O) groups is 4. The monoisotopic (exact) mass is 309 g/mol. The van der Waals surface area contributed by atoms with Crippen molar-refractivity contribution in [3.05, 3.63) is 22.5 Å². The second kappa shape index (κ2) is 7.53. The van der Waals surface area contributed by atoms with Gasteiger partial charge < -0.3 is 14.5 Å². The molecule has 0 atom stereocenters. The summed E-state index contributed by atoms with van der Waals surface area (Å²) in [4.78, 5) is 49.6. The van der Waals surface area contributed by atoms with Crippen LogP contribution < -0.4 is 0 Å². The van der Waals surface area contributed by atoms with Gasteiger partial charge in [0.15, 0.2) is 5.78 Å². The van der Waals surface area contributed by atoms with Crippen LogP contribution in [0.25, 0.3) is 0 Å². The fourth-order valence-corrected chi connectivity index (χ4v) is 2.09. The molecule has 1 aromatic heterocycles. The summed E-state index contributed by atoms with van der Waals surface area (Å²) in [6.45, 7) is 6.71. The smallest absolute Gasteiger partial charge is 0.375 e. The van der Waals surface area contributed by atoms with Crippen molar-refractivity contribution in [3.8, 4) is 0 Å². The Bertz CT molecular complexity index is 614. The summed E-state index contributed by atoms with van der Waals surface area (Å²) in [5, 5.41) is 0. The van der Waals surface area contributed by atoms with Crippen molar-refractivity contribution in [1.29, 1.82) is 0 Å². The Morgan fingerprint density at radius 2 is 1.59 bits per heavy atom. The molecule has 0 aliphatic heterocycles. The van der Waals surface area contributed by atoms with Gasteiger partial charge in [-0.15, -0.1) is 0 Å². The van der Waals surface area contributed by atoms with Gasteiger partial charge in [0, 0.05) is 11.3 Å². The van der Waals surface area contributed by atoms with E-state index in [2.05, 4.69) is 9.72 Å². The molecular formula is C15H19NO6.